The highest BCUT2D eigenvalue weighted by atomic mass is 16.5. The molecule has 116 valence electrons. The number of ether oxygens (including phenoxy) is 2. The van der Waals surface area contributed by atoms with E-state index in [0.717, 1.165) is 0 Å². The molecule has 22 heavy (non-hydrogen) atoms. The molecule has 4 heteroatoms. The maximum Gasteiger partial charge on any atom is 0.211 e. The average molecular weight is 306 g/mol. The van der Waals surface area contributed by atoms with E-state index >= 15 is 0 Å². The number of rotatable bonds is 2. The van der Waals surface area contributed by atoms with E-state index < -0.39 is 36.5 Å². The first-order chi connectivity index (χ1) is 13.6. The molecule has 0 aromatic heterocycles. The number of nitrogens with zero attached hydrogens (tertiary/aromatic N) is 1. The summed E-state index contributed by atoms with van der Waals surface area (Å²) in [5.74, 6) is -0.865. The van der Waals surface area contributed by atoms with Crippen molar-refractivity contribution in [2.24, 2.45) is 5.89 Å². The van der Waals surface area contributed by atoms with Crippen molar-refractivity contribution in [1.29, 1.82) is 1.43 Å². The second kappa shape index (κ2) is 4.06. The molecule has 1 spiro atoms. The van der Waals surface area contributed by atoms with Gasteiger partial charge in [0, 0.05) is 28.4 Å². The number of aliphatic hydroxyl groups is 1. The first-order valence-electron chi connectivity index (χ1n) is 11.0. The number of likely N-dealkylation sites (N-methyl/N-ethyl adjacent to an activating group) is 1. The summed E-state index contributed by atoms with van der Waals surface area (Å²) in [5.41, 5.74) is 0.219. The molecule has 5 atom stereocenters. The number of benzene rings is 1. The van der Waals surface area contributed by atoms with Gasteiger partial charge in [-0.15, -0.1) is 0 Å². The molecule has 1 aromatic rings. The summed E-state index contributed by atoms with van der Waals surface area (Å²) in [6.07, 6.45) is 2.24. The van der Waals surface area contributed by atoms with E-state index in [9.17, 15) is 1.37 Å². The monoisotopic (exact) mass is 306 g/mol. The minimum absolute atomic E-state index is 0.0263. The summed E-state index contributed by atoms with van der Waals surface area (Å²) >= 11 is 0. The van der Waals surface area contributed by atoms with E-state index in [0.29, 0.717) is 23.3 Å². The quantitative estimate of drug-likeness (QED) is 0.841. The van der Waals surface area contributed by atoms with E-state index in [1.807, 2.05) is 0 Å². The second-order valence-corrected chi connectivity index (χ2v) is 6.42. The summed E-state index contributed by atoms with van der Waals surface area (Å²) in [6.45, 7) is -2.15. The highest BCUT2D eigenvalue weighted by Gasteiger charge is 2.64. The third-order valence-electron chi connectivity index (χ3n) is 5.60. The van der Waals surface area contributed by atoms with Crippen molar-refractivity contribution in [2.45, 2.75) is 36.5 Å². The zero-order valence-electron chi connectivity index (χ0n) is 19.2. The smallest absolute Gasteiger partial charge is 0.211 e. The molecule has 2 bridgehead atoms. The Balaban J connectivity index is 1.86. The van der Waals surface area contributed by atoms with Crippen LogP contribution >= 0.6 is 0 Å². The molecule has 2 unspecified atom stereocenters. The van der Waals surface area contributed by atoms with Gasteiger partial charge in [-0.1, -0.05) is 18.2 Å². The van der Waals surface area contributed by atoms with Crippen molar-refractivity contribution in [1.82, 2.24) is 4.90 Å². The standard InChI is InChI=1S/C18H21NO3/c1-19-8-7-18-11-4-5-13(20)17(18)22-16-14(21-2)6-3-10(15(16)18)9-12(11)19/h3-6,11-13,17,20H,7-9H2,1-2H3/t11-,12+,13?,17?,18-/m0/s1/i1D3,3D,6D,11D,20D. The Kier molecular flexibility index (Phi) is 1.45. The first-order valence-corrected chi connectivity index (χ1v) is 7.57. The number of hydrogen-bond donors (Lipinski definition) is 1. The van der Waals surface area contributed by atoms with Crippen molar-refractivity contribution < 1.29 is 22.8 Å². The first kappa shape index (κ1) is 7.84. The molecular formula is C18H21NO3. The molecule has 2 aliphatic heterocycles. The third kappa shape index (κ3) is 1.28. The molecule has 2 heterocycles. The number of piperidine rings is 1. The minimum Gasteiger partial charge on any atom is -0.493 e. The van der Waals surface area contributed by atoms with Crippen LogP contribution in [0.4, 0.5) is 0 Å². The lowest BCUT2D eigenvalue weighted by Gasteiger charge is -2.56. The lowest BCUT2D eigenvalue weighted by atomic mass is 9.53. The van der Waals surface area contributed by atoms with Gasteiger partial charge in [0.15, 0.2) is 11.5 Å². The van der Waals surface area contributed by atoms with Crippen molar-refractivity contribution >= 4 is 0 Å². The van der Waals surface area contributed by atoms with E-state index in [1.165, 1.54) is 12.0 Å². The molecule has 1 N–H and O–H groups in total. The Morgan fingerprint density at radius 3 is 3.36 bits per heavy atom. The SMILES string of the molecule is [2H]OC1C=C[C@@]2([2H])[C@H]3Cc4c([2H])c([2H])c(OC)c5c4[C@@]2(CCN3C([2H])([2H])[2H])C1O5. The lowest BCUT2D eigenvalue weighted by Crippen LogP contribution is -2.64. The zero-order chi connectivity index (χ0) is 20.9. The van der Waals surface area contributed by atoms with Crippen LogP contribution < -0.4 is 9.47 Å². The molecule has 0 radical (unpaired) electrons. The largest absolute Gasteiger partial charge is 0.493 e. The topological polar surface area (TPSA) is 41.9 Å². The Bertz CT molecular complexity index is 935. The minimum atomic E-state index is -2.38. The normalized spacial score (nSPS) is 49.5. The van der Waals surface area contributed by atoms with Crippen LogP contribution in [0.25, 0.3) is 0 Å². The fourth-order valence-corrected chi connectivity index (χ4v) is 4.71. The summed E-state index contributed by atoms with van der Waals surface area (Å²) in [7, 11) is 1.41. The van der Waals surface area contributed by atoms with Crippen LogP contribution in [0.2, 0.25) is 0 Å². The summed E-state index contributed by atoms with van der Waals surface area (Å²) in [6, 6.07) is -0.863. The molecule has 1 aromatic carbocycles. The van der Waals surface area contributed by atoms with Crippen LogP contribution in [0.3, 0.4) is 0 Å². The maximum absolute atomic E-state index is 9.48. The van der Waals surface area contributed by atoms with Gasteiger partial charge < -0.3 is 19.5 Å². The summed E-state index contributed by atoms with van der Waals surface area (Å²) < 4.78 is 69.5. The van der Waals surface area contributed by atoms with Gasteiger partial charge in [-0.25, -0.2) is 0 Å². The van der Waals surface area contributed by atoms with E-state index in [2.05, 4.69) is 0 Å². The summed E-state index contributed by atoms with van der Waals surface area (Å²) in [4.78, 5) is 1.36. The van der Waals surface area contributed by atoms with Gasteiger partial charge in [0.1, 0.15) is 12.2 Å². The van der Waals surface area contributed by atoms with Crippen LogP contribution in [0, 0.1) is 5.89 Å². The highest BCUT2D eigenvalue weighted by molar-refractivity contribution is 5.62. The van der Waals surface area contributed by atoms with Gasteiger partial charge in [-0.3, -0.25) is 0 Å². The number of aliphatic hydroxyl groups excluding tert-OH is 1. The maximum atomic E-state index is 9.48. The molecule has 1 fully saturated rings. The van der Waals surface area contributed by atoms with Gasteiger partial charge in [0.25, 0.3) is 0 Å². The molecule has 5 rings (SSSR count). The lowest BCUT2D eigenvalue weighted by molar-refractivity contribution is -0.0453. The van der Waals surface area contributed by atoms with Crippen molar-refractivity contribution in [3.8, 4) is 11.5 Å². The van der Waals surface area contributed by atoms with Crippen LogP contribution in [0.15, 0.2) is 24.2 Å². The van der Waals surface area contributed by atoms with Gasteiger partial charge in [-0.05, 0) is 38.0 Å². The Hall–Kier alpha value is -1.52. The van der Waals surface area contributed by atoms with Crippen LogP contribution in [0.1, 0.15) is 25.8 Å². The highest BCUT2D eigenvalue weighted by Crippen LogP contribution is 2.62. The van der Waals surface area contributed by atoms with E-state index in [-0.39, 0.29) is 30.8 Å². The number of hydrogen-bond acceptors (Lipinski definition) is 4. The number of methoxy groups -OCH3 is 1. The average Bonchev–Trinajstić information content (AvgIpc) is 2.97. The van der Waals surface area contributed by atoms with Crippen molar-refractivity contribution in [3.05, 3.63) is 35.4 Å². The fourth-order valence-electron chi connectivity index (χ4n) is 4.71. The molecule has 1 saturated heterocycles. The zero-order valence-corrected chi connectivity index (χ0v) is 12.2. The third-order valence-corrected chi connectivity index (χ3v) is 5.60. The van der Waals surface area contributed by atoms with Crippen LogP contribution in [0.5, 0.6) is 11.5 Å². The molecule has 0 saturated carbocycles. The molecule has 0 amide bonds. The molecular weight excluding hydrogens is 278 g/mol. The number of likely N-dealkylation sites (tertiary alicyclic amines) is 1. The summed E-state index contributed by atoms with van der Waals surface area (Å²) in [5, 5.41) is 4.90. The van der Waals surface area contributed by atoms with Gasteiger partial charge >= 0.3 is 0 Å². The van der Waals surface area contributed by atoms with E-state index in [1.54, 1.807) is 12.2 Å². The second-order valence-electron chi connectivity index (χ2n) is 6.42. The molecule has 4 aliphatic rings. The fraction of sp³-hybridized carbons (Fsp3) is 0.556. The van der Waals surface area contributed by atoms with E-state index in [4.69, 9.17) is 22.9 Å². The van der Waals surface area contributed by atoms with Crippen LogP contribution in [-0.2, 0) is 11.8 Å². The van der Waals surface area contributed by atoms with Crippen LogP contribution in [-0.4, -0.2) is 50.3 Å². The van der Waals surface area contributed by atoms with Gasteiger partial charge in [0.05, 0.1) is 9.85 Å². The molecule has 4 nitrogen and oxygen atoms in total. The van der Waals surface area contributed by atoms with Gasteiger partial charge in [0.2, 0.25) is 1.43 Å². The van der Waals surface area contributed by atoms with Crippen molar-refractivity contribution in [3.63, 3.8) is 0 Å². The predicted octanol–water partition coefficient (Wildman–Crippen LogP) is 1.50. The van der Waals surface area contributed by atoms with Gasteiger partial charge in [-0.2, -0.15) is 0 Å². The predicted molar refractivity (Wildman–Crippen MR) is 82.5 cm³/mol. The Morgan fingerprint density at radius 2 is 2.55 bits per heavy atom. The Morgan fingerprint density at radius 1 is 1.59 bits per heavy atom. The van der Waals surface area contributed by atoms with Crippen molar-refractivity contribution in [2.75, 3.05) is 20.6 Å². The molecule has 2 aliphatic carbocycles. The Labute approximate surface area is 140 Å².